The lowest BCUT2D eigenvalue weighted by Crippen LogP contribution is -2.25. The van der Waals surface area contributed by atoms with E-state index in [1.807, 2.05) is 26.0 Å². The molecule has 5 nitrogen and oxygen atoms in total. The molecule has 0 fully saturated rings. The number of carbonyl (C=O) groups excluding carboxylic acids is 1. The SMILES string of the molecule is COc1ccc(NC(=O)COc2cccc3c2OC(C)(C)C3)cc1Cl. The summed E-state index contributed by atoms with van der Waals surface area (Å²) in [5.41, 5.74) is 1.41. The summed E-state index contributed by atoms with van der Waals surface area (Å²) in [6.07, 6.45) is 0.816. The molecule has 0 bridgehead atoms. The summed E-state index contributed by atoms with van der Waals surface area (Å²) in [6.45, 7) is 3.93. The van der Waals surface area contributed by atoms with Crippen LogP contribution in [0.2, 0.25) is 5.02 Å². The van der Waals surface area contributed by atoms with Gasteiger partial charge in [-0.15, -0.1) is 0 Å². The molecule has 2 aromatic carbocycles. The summed E-state index contributed by atoms with van der Waals surface area (Å²) >= 11 is 6.05. The van der Waals surface area contributed by atoms with Crippen LogP contribution in [-0.4, -0.2) is 25.2 Å². The van der Waals surface area contributed by atoms with Crippen molar-refractivity contribution in [1.82, 2.24) is 0 Å². The zero-order chi connectivity index (χ0) is 18.0. The predicted molar refractivity (Wildman–Crippen MR) is 97.0 cm³/mol. The van der Waals surface area contributed by atoms with Crippen LogP contribution in [0.25, 0.3) is 0 Å². The number of amides is 1. The Balaban J connectivity index is 1.62. The molecule has 1 heterocycles. The van der Waals surface area contributed by atoms with E-state index in [1.165, 1.54) is 7.11 Å². The van der Waals surface area contributed by atoms with Crippen molar-refractivity contribution in [2.24, 2.45) is 0 Å². The molecule has 0 aromatic heterocycles. The van der Waals surface area contributed by atoms with Gasteiger partial charge < -0.3 is 19.5 Å². The van der Waals surface area contributed by atoms with Crippen molar-refractivity contribution < 1.29 is 19.0 Å². The number of halogens is 1. The fourth-order valence-electron chi connectivity index (χ4n) is 2.79. The minimum atomic E-state index is -0.281. The topological polar surface area (TPSA) is 56.8 Å². The first-order valence-corrected chi connectivity index (χ1v) is 8.33. The molecule has 0 saturated heterocycles. The van der Waals surface area contributed by atoms with Crippen molar-refractivity contribution in [3.8, 4) is 17.2 Å². The van der Waals surface area contributed by atoms with E-state index in [-0.39, 0.29) is 18.1 Å². The molecule has 1 amide bonds. The summed E-state index contributed by atoms with van der Waals surface area (Å²) in [7, 11) is 1.54. The highest BCUT2D eigenvalue weighted by Gasteiger charge is 2.32. The number of methoxy groups -OCH3 is 1. The molecule has 0 aliphatic carbocycles. The second-order valence-corrected chi connectivity index (χ2v) is 6.88. The lowest BCUT2D eigenvalue weighted by atomic mass is 10.0. The molecule has 0 unspecified atom stereocenters. The van der Waals surface area contributed by atoms with E-state index in [0.29, 0.717) is 28.0 Å². The fourth-order valence-corrected chi connectivity index (χ4v) is 3.04. The van der Waals surface area contributed by atoms with E-state index >= 15 is 0 Å². The molecule has 0 saturated carbocycles. The van der Waals surface area contributed by atoms with Crippen molar-refractivity contribution in [3.63, 3.8) is 0 Å². The molecule has 2 aromatic rings. The number of hydrogen-bond acceptors (Lipinski definition) is 4. The van der Waals surface area contributed by atoms with Crippen LogP contribution < -0.4 is 19.5 Å². The Labute approximate surface area is 151 Å². The number of benzene rings is 2. The largest absolute Gasteiger partial charge is 0.495 e. The van der Waals surface area contributed by atoms with E-state index in [4.69, 9.17) is 25.8 Å². The van der Waals surface area contributed by atoms with Crippen LogP contribution >= 0.6 is 11.6 Å². The van der Waals surface area contributed by atoms with Crippen molar-refractivity contribution in [1.29, 1.82) is 0 Å². The summed E-state index contributed by atoms with van der Waals surface area (Å²) < 4.78 is 16.7. The van der Waals surface area contributed by atoms with Crippen molar-refractivity contribution in [2.75, 3.05) is 19.0 Å². The molecular weight excluding hydrogens is 342 g/mol. The van der Waals surface area contributed by atoms with Gasteiger partial charge in [0.1, 0.15) is 11.4 Å². The van der Waals surface area contributed by atoms with Crippen LogP contribution in [-0.2, 0) is 11.2 Å². The third-order valence-electron chi connectivity index (χ3n) is 3.85. The lowest BCUT2D eigenvalue weighted by molar-refractivity contribution is -0.118. The number of anilines is 1. The maximum atomic E-state index is 12.1. The number of fused-ring (bicyclic) bond motifs is 1. The van der Waals surface area contributed by atoms with E-state index in [0.717, 1.165) is 12.0 Å². The van der Waals surface area contributed by atoms with E-state index in [2.05, 4.69) is 5.32 Å². The summed E-state index contributed by atoms with van der Waals surface area (Å²) in [5.74, 6) is 1.56. The van der Waals surface area contributed by atoms with Crippen LogP contribution in [0.4, 0.5) is 5.69 Å². The molecule has 0 radical (unpaired) electrons. The maximum Gasteiger partial charge on any atom is 0.262 e. The number of hydrogen-bond donors (Lipinski definition) is 1. The van der Waals surface area contributed by atoms with Crippen LogP contribution in [0, 0.1) is 0 Å². The molecule has 3 rings (SSSR count). The zero-order valence-corrected chi connectivity index (χ0v) is 15.1. The smallest absolute Gasteiger partial charge is 0.262 e. The van der Waals surface area contributed by atoms with Crippen molar-refractivity contribution in [2.45, 2.75) is 25.9 Å². The molecule has 0 spiro atoms. The van der Waals surface area contributed by atoms with Crippen molar-refractivity contribution in [3.05, 3.63) is 47.0 Å². The molecule has 1 aliphatic rings. The number of ether oxygens (including phenoxy) is 3. The third-order valence-corrected chi connectivity index (χ3v) is 4.14. The minimum absolute atomic E-state index is 0.121. The number of carbonyl (C=O) groups is 1. The number of rotatable bonds is 5. The van der Waals surface area contributed by atoms with Gasteiger partial charge in [-0.05, 0) is 38.1 Å². The van der Waals surface area contributed by atoms with Crippen LogP contribution in [0.3, 0.4) is 0 Å². The molecule has 1 aliphatic heterocycles. The maximum absolute atomic E-state index is 12.1. The third kappa shape index (κ3) is 3.99. The van der Waals surface area contributed by atoms with Crippen molar-refractivity contribution >= 4 is 23.2 Å². The van der Waals surface area contributed by atoms with Gasteiger partial charge in [-0.25, -0.2) is 0 Å². The molecule has 0 atom stereocenters. The molecule has 1 N–H and O–H groups in total. The highest BCUT2D eigenvalue weighted by molar-refractivity contribution is 6.32. The predicted octanol–water partition coefficient (Wildman–Crippen LogP) is 4.08. The summed E-state index contributed by atoms with van der Waals surface area (Å²) in [4.78, 5) is 12.1. The monoisotopic (exact) mass is 361 g/mol. The normalized spacial score (nSPS) is 14.4. The summed E-state index contributed by atoms with van der Waals surface area (Å²) in [6, 6.07) is 10.8. The Morgan fingerprint density at radius 3 is 2.80 bits per heavy atom. The van der Waals surface area contributed by atoms with Gasteiger partial charge in [0.05, 0.1) is 12.1 Å². The average molecular weight is 362 g/mol. The number of para-hydroxylation sites is 1. The van der Waals surface area contributed by atoms with Gasteiger partial charge in [0.25, 0.3) is 5.91 Å². The van der Waals surface area contributed by atoms with Gasteiger partial charge in [-0.2, -0.15) is 0 Å². The van der Waals surface area contributed by atoms with Crippen LogP contribution in [0.15, 0.2) is 36.4 Å². The lowest BCUT2D eigenvalue weighted by Gasteiger charge is -2.18. The number of nitrogens with one attached hydrogen (secondary N) is 1. The Morgan fingerprint density at radius 2 is 2.08 bits per heavy atom. The van der Waals surface area contributed by atoms with Gasteiger partial charge in [0.15, 0.2) is 18.1 Å². The Bertz CT molecular complexity index is 804. The second-order valence-electron chi connectivity index (χ2n) is 6.47. The van der Waals surface area contributed by atoms with Gasteiger partial charge in [-0.3, -0.25) is 4.79 Å². The standard InChI is InChI=1S/C19H20ClNO4/c1-19(2)10-12-5-4-6-16(18(12)25-19)24-11-17(22)21-13-7-8-15(23-3)14(20)9-13/h4-9H,10-11H2,1-3H3,(H,21,22). The first-order valence-electron chi connectivity index (χ1n) is 7.95. The van der Waals surface area contributed by atoms with Crippen LogP contribution in [0.5, 0.6) is 17.2 Å². The van der Waals surface area contributed by atoms with Gasteiger partial charge in [-0.1, -0.05) is 23.7 Å². The first-order chi connectivity index (χ1) is 11.9. The van der Waals surface area contributed by atoms with Crippen LogP contribution in [0.1, 0.15) is 19.4 Å². The molecule has 132 valence electrons. The Hall–Kier alpha value is -2.40. The first kappa shape index (κ1) is 17.4. The van der Waals surface area contributed by atoms with E-state index < -0.39 is 0 Å². The van der Waals surface area contributed by atoms with E-state index in [1.54, 1.807) is 24.3 Å². The van der Waals surface area contributed by atoms with E-state index in [9.17, 15) is 4.79 Å². The Kier molecular flexibility index (Phi) is 4.77. The summed E-state index contributed by atoms with van der Waals surface area (Å²) in [5, 5.41) is 3.17. The molecular formula is C19H20ClNO4. The van der Waals surface area contributed by atoms with Gasteiger partial charge in [0, 0.05) is 17.7 Å². The second kappa shape index (κ2) is 6.84. The molecule has 6 heteroatoms. The highest BCUT2D eigenvalue weighted by atomic mass is 35.5. The average Bonchev–Trinajstić information content (AvgIpc) is 2.87. The van der Waals surface area contributed by atoms with Gasteiger partial charge in [0.2, 0.25) is 0 Å². The van der Waals surface area contributed by atoms with Gasteiger partial charge >= 0.3 is 0 Å². The Morgan fingerprint density at radius 1 is 1.28 bits per heavy atom. The highest BCUT2D eigenvalue weighted by Crippen LogP contribution is 2.41. The molecule has 25 heavy (non-hydrogen) atoms. The zero-order valence-electron chi connectivity index (χ0n) is 14.4. The fraction of sp³-hybridized carbons (Fsp3) is 0.316. The minimum Gasteiger partial charge on any atom is -0.495 e. The quantitative estimate of drug-likeness (QED) is 0.871.